The van der Waals surface area contributed by atoms with Crippen LogP contribution in [0.1, 0.15) is 15.2 Å². The number of carbonyl (C=O) groups excluding carboxylic acids is 1. The first-order valence-electron chi connectivity index (χ1n) is 3.71. The van der Waals surface area contributed by atoms with Gasteiger partial charge in [0.1, 0.15) is 0 Å². The van der Waals surface area contributed by atoms with Crippen molar-refractivity contribution in [2.45, 2.75) is 0 Å². The van der Waals surface area contributed by atoms with Gasteiger partial charge in [-0.3, -0.25) is 14.8 Å². The minimum absolute atomic E-state index is 0.0180. The summed E-state index contributed by atoms with van der Waals surface area (Å²) in [5.41, 5.74) is 2.25. The Morgan fingerprint density at radius 1 is 1.31 bits per heavy atom. The molecule has 2 rings (SSSR count). The molecule has 0 atom stereocenters. The number of ketones is 1. The Morgan fingerprint density at radius 3 is 2.85 bits per heavy atom. The number of carbonyl (C=O) groups is 1. The highest BCUT2D eigenvalue weighted by molar-refractivity contribution is 7.11. The SMILES string of the molecule is O=C(c1cccnc1)c1cncs1. The zero-order valence-electron chi connectivity index (χ0n) is 6.68. The molecule has 13 heavy (non-hydrogen) atoms. The monoisotopic (exact) mass is 190 g/mol. The molecule has 4 heteroatoms. The van der Waals surface area contributed by atoms with Gasteiger partial charge in [-0.05, 0) is 12.1 Å². The number of hydrogen-bond donors (Lipinski definition) is 0. The van der Waals surface area contributed by atoms with Crippen molar-refractivity contribution in [2.75, 3.05) is 0 Å². The number of rotatable bonds is 2. The first-order valence-corrected chi connectivity index (χ1v) is 4.59. The summed E-state index contributed by atoms with van der Waals surface area (Å²) in [5.74, 6) is -0.0180. The second kappa shape index (κ2) is 3.45. The zero-order valence-corrected chi connectivity index (χ0v) is 7.49. The predicted octanol–water partition coefficient (Wildman–Crippen LogP) is 1.77. The Bertz CT molecular complexity index is 397. The van der Waals surface area contributed by atoms with Crippen molar-refractivity contribution in [3.8, 4) is 0 Å². The summed E-state index contributed by atoms with van der Waals surface area (Å²) in [6.07, 6.45) is 4.77. The number of hydrogen-bond acceptors (Lipinski definition) is 4. The van der Waals surface area contributed by atoms with Crippen molar-refractivity contribution in [1.29, 1.82) is 0 Å². The number of aromatic nitrogens is 2. The molecular formula is C9H6N2OS. The van der Waals surface area contributed by atoms with Crippen LogP contribution < -0.4 is 0 Å². The summed E-state index contributed by atoms with van der Waals surface area (Å²) in [7, 11) is 0. The van der Waals surface area contributed by atoms with Gasteiger partial charge in [0, 0.05) is 24.2 Å². The molecule has 0 aliphatic heterocycles. The quantitative estimate of drug-likeness (QED) is 0.678. The molecule has 3 nitrogen and oxygen atoms in total. The summed E-state index contributed by atoms with van der Waals surface area (Å²) in [5, 5.41) is 0. The van der Waals surface area contributed by atoms with Crippen LogP contribution in [0.15, 0.2) is 36.2 Å². The van der Waals surface area contributed by atoms with Crippen molar-refractivity contribution in [2.24, 2.45) is 0 Å². The summed E-state index contributed by atoms with van der Waals surface area (Å²) in [6.45, 7) is 0. The van der Waals surface area contributed by atoms with E-state index >= 15 is 0 Å². The van der Waals surface area contributed by atoms with Gasteiger partial charge < -0.3 is 0 Å². The Hall–Kier alpha value is -1.55. The topological polar surface area (TPSA) is 42.9 Å². The molecular weight excluding hydrogens is 184 g/mol. The highest BCUT2D eigenvalue weighted by Crippen LogP contribution is 2.11. The van der Waals surface area contributed by atoms with Gasteiger partial charge >= 0.3 is 0 Å². The summed E-state index contributed by atoms with van der Waals surface area (Å²) >= 11 is 1.34. The summed E-state index contributed by atoms with van der Waals surface area (Å²) in [4.78, 5) is 20.0. The second-order valence-electron chi connectivity index (χ2n) is 2.44. The van der Waals surface area contributed by atoms with Crippen molar-refractivity contribution in [3.05, 3.63) is 46.7 Å². The fourth-order valence-electron chi connectivity index (χ4n) is 0.967. The van der Waals surface area contributed by atoms with Crippen LogP contribution in [0.2, 0.25) is 0 Å². The van der Waals surface area contributed by atoms with Crippen LogP contribution in [0.5, 0.6) is 0 Å². The van der Waals surface area contributed by atoms with E-state index in [1.165, 1.54) is 11.3 Å². The third kappa shape index (κ3) is 1.62. The van der Waals surface area contributed by atoms with E-state index in [0.717, 1.165) is 0 Å². The molecule has 0 aliphatic carbocycles. The molecule has 64 valence electrons. The molecule has 0 amide bonds. The van der Waals surface area contributed by atoms with Crippen LogP contribution in [-0.2, 0) is 0 Å². The number of pyridine rings is 1. The second-order valence-corrected chi connectivity index (χ2v) is 3.32. The fraction of sp³-hybridized carbons (Fsp3) is 0. The molecule has 0 bridgehead atoms. The molecule has 0 spiro atoms. The van der Waals surface area contributed by atoms with Gasteiger partial charge in [-0.1, -0.05) is 0 Å². The van der Waals surface area contributed by atoms with Gasteiger partial charge in [0.25, 0.3) is 0 Å². The Kier molecular flexibility index (Phi) is 2.14. The van der Waals surface area contributed by atoms with Crippen molar-refractivity contribution >= 4 is 17.1 Å². The van der Waals surface area contributed by atoms with Crippen molar-refractivity contribution in [1.82, 2.24) is 9.97 Å². The molecule has 2 aromatic heterocycles. The smallest absolute Gasteiger partial charge is 0.206 e. The van der Waals surface area contributed by atoms with E-state index in [2.05, 4.69) is 9.97 Å². The summed E-state index contributed by atoms with van der Waals surface area (Å²) in [6, 6.07) is 3.49. The van der Waals surface area contributed by atoms with E-state index < -0.39 is 0 Å². The molecule has 0 radical (unpaired) electrons. The third-order valence-electron chi connectivity index (χ3n) is 1.58. The van der Waals surface area contributed by atoms with Crippen molar-refractivity contribution in [3.63, 3.8) is 0 Å². The molecule has 2 heterocycles. The van der Waals surface area contributed by atoms with Gasteiger partial charge in [-0.25, -0.2) is 0 Å². The highest BCUT2D eigenvalue weighted by Gasteiger charge is 2.09. The Morgan fingerprint density at radius 2 is 2.23 bits per heavy atom. The molecule has 0 aliphatic rings. The molecule has 0 fully saturated rings. The Balaban J connectivity index is 2.34. The fourth-order valence-corrected chi connectivity index (χ4v) is 1.55. The van der Waals surface area contributed by atoms with E-state index in [1.54, 1.807) is 36.2 Å². The molecule has 0 N–H and O–H groups in total. The molecule has 0 saturated heterocycles. The average molecular weight is 190 g/mol. The maximum absolute atomic E-state index is 11.6. The van der Waals surface area contributed by atoms with Crippen LogP contribution in [-0.4, -0.2) is 15.8 Å². The lowest BCUT2D eigenvalue weighted by Crippen LogP contribution is -1.98. The lowest BCUT2D eigenvalue weighted by molar-refractivity contribution is 0.104. The van der Waals surface area contributed by atoms with Crippen LogP contribution in [0.25, 0.3) is 0 Å². The van der Waals surface area contributed by atoms with Gasteiger partial charge in [-0.2, -0.15) is 0 Å². The standard InChI is InChI=1S/C9H6N2OS/c12-9(8-5-11-6-13-8)7-2-1-3-10-4-7/h1-6H. The first-order chi connectivity index (χ1) is 6.38. The normalized spacial score (nSPS) is 9.85. The predicted molar refractivity (Wildman–Crippen MR) is 49.8 cm³/mol. The van der Waals surface area contributed by atoms with E-state index in [9.17, 15) is 4.79 Å². The molecule has 0 saturated carbocycles. The lowest BCUT2D eigenvalue weighted by atomic mass is 10.2. The van der Waals surface area contributed by atoms with E-state index in [1.807, 2.05) is 0 Å². The lowest BCUT2D eigenvalue weighted by Gasteiger charge is -1.94. The molecule has 0 aromatic carbocycles. The maximum Gasteiger partial charge on any atom is 0.206 e. The first kappa shape index (κ1) is 8.07. The number of nitrogens with zero attached hydrogens (tertiary/aromatic N) is 2. The largest absolute Gasteiger partial charge is 0.288 e. The van der Waals surface area contributed by atoms with Gasteiger partial charge in [0.05, 0.1) is 10.4 Å². The minimum atomic E-state index is -0.0180. The average Bonchev–Trinajstić information content (AvgIpc) is 2.71. The van der Waals surface area contributed by atoms with Gasteiger partial charge in [0.15, 0.2) is 0 Å². The molecule has 2 aromatic rings. The number of thiazole rings is 1. The van der Waals surface area contributed by atoms with Crippen LogP contribution in [0, 0.1) is 0 Å². The van der Waals surface area contributed by atoms with E-state index in [4.69, 9.17) is 0 Å². The van der Waals surface area contributed by atoms with Gasteiger partial charge in [-0.15, -0.1) is 11.3 Å². The minimum Gasteiger partial charge on any atom is -0.288 e. The van der Waals surface area contributed by atoms with Crippen molar-refractivity contribution < 1.29 is 4.79 Å². The van der Waals surface area contributed by atoms with Crippen LogP contribution >= 0.6 is 11.3 Å². The Labute approximate surface area is 79.1 Å². The molecule has 0 unspecified atom stereocenters. The van der Waals surface area contributed by atoms with Crippen LogP contribution in [0.4, 0.5) is 0 Å². The van der Waals surface area contributed by atoms with Gasteiger partial charge in [0.2, 0.25) is 5.78 Å². The zero-order chi connectivity index (χ0) is 9.10. The maximum atomic E-state index is 11.6. The highest BCUT2D eigenvalue weighted by atomic mass is 32.1. The van der Waals surface area contributed by atoms with E-state index in [0.29, 0.717) is 10.4 Å². The third-order valence-corrected chi connectivity index (χ3v) is 2.35. The summed E-state index contributed by atoms with van der Waals surface area (Å²) < 4.78 is 0. The van der Waals surface area contributed by atoms with E-state index in [-0.39, 0.29) is 5.78 Å². The van der Waals surface area contributed by atoms with Crippen LogP contribution in [0.3, 0.4) is 0 Å².